The molecule has 3 heteroatoms. The summed E-state index contributed by atoms with van der Waals surface area (Å²) in [5, 5.41) is 4.17. The second kappa shape index (κ2) is 6.87. The monoisotopic (exact) mass is 240 g/mol. The first-order valence-electron chi connectivity index (χ1n) is 6.04. The zero-order valence-electron chi connectivity index (χ0n) is 10.3. The van der Waals surface area contributed by atoms with E-state index in [-0.39, 0.29) is 0 Å². The maximum absolute atomic E-state index is 5.77. The van der Waals surface area contributed by atoms with Crippen molar-refractivity contribution in [3.63, 3.8) is 0 Å². The molecule has 0 saturated carbocycles. The van der Waals surface area contributed by atoms with Crippen molar-refractivity contribution in [3.8, 4) is 0 Å². The fourth-order valence-electron chi connectivity index (χ4n) is 1.85. The largest absolute Gasteiger partial charge is 0.307 e. The normalized spacial score (nSPS) is 14.8. The number of rotatable bonds is 6. The molecule has 0 spiro atoms. The van der Waals surface area contributed by atoms with Crippen molar-refractivity contribution < 1.29 is 0 Å². The fourth-order valence-corrected chi connectivity index (χ4v) is 1.96. The predicted octanol–water partition coefficient (Wildman–Crippen LogP) is 3.96. The maximum Gasteiger partial charge on any atom is 0.129 e. The molecule has 0 radical (unpaired) electrons. The number of nitrogens with one attached hydrogen (secondary N) is 1. The van der Waals surface area contributed by atoms with Gasteiger partial charge >= 0.3 is 0 Å². The highest BCUT2D eigenvalue weighted by Crippen LogP contribution is 2.15. The predicted molar refractivity (Wildman–Crippen MR) is 69.8 cm³/mol. The van der Waals surface area contributed by atoms with E-state index in [2.05, 4.69) is 31.1 Å². The van der Waals surface area contributed by atoms with Crippen molar-refractivity contribution >= 4 is 11.6 Å². The zero-order valence-corrected chi connectivity index (χ0v) is 11.1. The summed E-state index contributed by atoms with van der Waals surface area (Å²) in [6.07, 6.45) is 5.46. The van der Waals surface area contributed by atoms with E-state index in [4.69, 9.17) is 11.6 Å². The van der Waals surface area contributed by atoms with Crippen molar-refractivity contribution in [2.45, 2.75) is 52.1 Å². The molecule has 0 aliphatic rings. The number of halogens is 1. The first-order valence-corrected chi connectivity index (χ1v) is 6.42. The smallest absolute Gasteiger partial charge is 0.129 e. The summed E-state index contributed by atoms with van der Waals surface area (Å²) in [7, 11) is 0. The van der Waals surface area contributed by atoms with Crippen LogP contribution in [0.25, 0.3) is 0 Å². The average Bonchev–Trinajstić information content (AvgIpc) is 2.29. The first-order chi connectivity index (χ1) is 7.67. The first kappa shape index (κ1) is 13.5. The molecule has 2 unspecified atom stereocenters. The zero-order chi connectivity index (χ0) is 12.0. The number of aromatic nitrogens is 1. The molecule has 1 aromatic rings. The van der Waals surface area contributed by atoms with Crippen molar-refractivity contribution in [1.82, 2.24) is 10.3 Å². The number of hydrogen-bond donors (Lipinski definition) is 1. The molecule has 2 nitrogen and oxygen atoms in total. The average molecular weight is 241 g/mol. The van der Waals surface area contributed by atoms with Crippen LogP contribution >= 0.6 is 11.6 Å². The lowest BCUT2D eigenvalue weighted by molar-refractivity contribution is 0.416. The van der Waals surface area contributed by atoms with E-state index in [0.717, 1.165) is 0 Å². The molecule has 0 fully saturated rings. The van der Waals surface area contributed by atoms with Gasteiger partial charge in [-0.15, -0.1) is 0 Å². The van der Waals surface area contributed by atoms with Gasteiger partial charge in [0, 0.05) is 18.3 Å². The highest BCUT2D eigenvalue weighted by atomic mass is 35.5. The quantitative estimate of drug-likeness (QED) is 0.762. The second-order valence-electron chi connectivity index (χ2n) is 4.20. The van der Waals surface area contributed by atoms with Crippen molar-refractivity contribution in [2.24, 2.45) is 0 Å². The third-order valence-corrected chi connectivity index (χ3v) is 3.09. The van der Waals surface area contributed by atoms with E-state index in [1.54, 1.807) is 0 Å². The molecule has 0 amide bonds. The molecule has 1 N–H and O–H groups in total. The summed E-state index contributed by atoms with van der Waals surface area (Å²) in [5.41, 5.74) is 1.19. The van der Waals surface area contributed by atoms with Gasteiger partial charge in [-0.1, -0.05) is 37.9 Å². The molecule has 0 bridgehead atoms. The van der Waals surface area contributed by atoms with Gasteiger partial charge < -0.3 is 5.32 Å². The van der Waals surface area contributed by atoms with Crippen molar-refractivity contribution in [2.75, 3.05) is 0 Å². The molecule has 0 aliphatic heterocycles. The Bertz CT molecular complexity index is 297. The van der Waals surface area contributed by atoms with Gasteiger partial charge in [-0.25, -0.2) is 4.98 Å². The van der Waals surface area contributed by atoms with Crippen LogP contribution in [-0.2, 0) is 0 Å². The Labute approximate surface area is 103 Å². The van der Waals surface area contributed by atoms with Crippen LogP contribution < -0.4 is 5.32 Å². The van der Waals surface area contributed by atoms with Gasteiger partial charge in [0.05, 0.1) is 0 Å². The van der Waals surface area contributed by atoms with Gasteiger partial charge in [0.2, 0.25) is 0 Å². The standard InChI is InChI=1S/C13H21ClN2/c1-4-6-12(5-2)16-10(3)11-7-8-13(14)15-9-11/h7-10,12,16H,4-6H2,1-3H3. The van der Waals surface area contributed by atoms with Gasteiger partial charge in [-0.05, 0) is 31.4 Å². The molecular weight excluding hydrogens is 220 g/mol. The van der Waals surface area contributed by atoms with Crippen LogP contribution in [0, 0.1) is 0 Å². The van der Waals surface area contributed by atoms with Crippen LogP contribution in [0.4, 0.5) is 0 Å². The lowest BCUT2D eigenvalue weighted by Gasteiger charge is -2.22. The number of nitrogens with zero attached hydrogens (tertiary/aromatic N) is 1. The molecule has 1 rings (SSSR count). The van der Waals surface area contributed by atoms with E-state index >= 15 is 0 Å². The molecule has 90 valence electrons. The summed E-state index contributed by atoms with van der Waals surface area (Å²) in [6.45, 7) is 6.61. The van der Waals surface area contributed by atoms with Gasteiger partial charge in [0.1, 0.15) is 5.15 Å². The Balaban J connectivity index is 2.56. The molecule has 1 aromatic heterocycles. The van der Waals surface area contributed by atoms with E-state index in [1.807, 2.05) is 18.3 Å². The van der Waals surface area contributed by atoms with Gasteiger partial charge in [0.15, 0.2) is 0 Å². The molecule has 2 atom stereocenters. The minimum absolute atomic E-state index is 0.335. The van der Waals surface area contributed by atoms with Crippen LogP contribution in [0.2, 0.25) is 5.15 Å². The SMILES string of the molecule is CCCC(CC)NC(C)c1ccc(Cl)nc1. The van der Waals surface area contributed by atoms with Gasteiger partial charge in [0.25, 0.3) is 0 Å². The van der Waals surface area contributed by atoms with E-state index in [1.165, 1.54) is 24.8 Å². The highest BCUT2D eigenvalue weighted by molar-refractivity contribution is 6.29. The third-order valence-electron chi connectivity index (χ3n) is 2.87. The third kappa shape index (κ3) is 4.11. The lowest BCUT2D eigenvalue weighted by atomic mass is 10.1. The summed E-state index contributed by atoms with van der Waals surface area (Å²) in [6, 6.07) is 4.80. The number of pyridine rings is 1. The van der Waals surface area contributed by atoms with Crippen LogP contribution in [0.5, 0.6) is 0 Å². The van der Waals surface area contributed by atoms with Crippen LogP contribution in [0.15, 0.2) is 18.3 Å². The minimum atomic E-state index is 0.335. The molecule has 0 aromatic carbocycles. The summed E-state index contributed by atoms with van der Waals surface area (Å²) in [4.78, 5) is 4.10. The molecule has 0 aliphatic carbocycles. The fraction of sp³-hybridized carbons (Fsp3) is 0.615. The Hall–Kier alpha value is -0.600. The Morgan fingerprint density at radius 1 is 1.38 bits per heavy atom. The topological polar surface area (TPSA) is 24.9 Å². The Morgan fingerprint density at radius 2 is 2.12 bits per heavy atom. The van der Waals surface area contributed by atoms with Gasteiger partial charge in [-0.2, -0.15) is 0 Å². The molecular formula is C13H21ClN2. The summed E-state index contributed by atoms with van der Waals surface area (Å²) >= 11 is 5.77. The van der Waals surface area contributed by atoms with Gasteiger partial charge in [-0.3, -0.25) is 0 Å². The molecule has 1 heterocycles. The maximum atomic E-state index is 5.77. The van der Waals surface area contributed by atoms with E-state index in [0.29, 0.717) is 17.2 Å². The van der Waals surface area contributed by atoms with E-state index < -0.39 is 0 Å². The highest BCUT2D eigenvalue weighted by Gasteiger charge is 2.11. The Kier molecular flexibility index (Phi) is 5.78. The second-order valence-corrected chi connectivity index (χ2v) is 4.58. The van der Waals surface area contributed by atoms with E-state index in [9.17, 15) is 0 Å². The summed E-state index contributed by atoms with van der Waals surface area (Å²) in [5.74, 6) is 0. The van der Waals surface area contributed by atoms with Crippen LogP contribution in [-0.4, -0.2) is 11.0 Å². The summed E-state index contributed by atoms with van der Waals surface area (Å²) < 4.78 is 0. The molecule has 16 heavy (non-hydrogen) atoms. The number of hydrogen-bond acceptors (Lipinski definition) is 2. The Morgan fingerprint density at radius 3 is 2.62 bits per heavy atom. The van der Waals surface area contributed by atoms with Crippen LogP contribution in [0.1, 0.15) is 51.6 Å². The van der Waals surface area contributed by atoms with Crippen molar-refractivity contribution in [1.29, 1.82) is 0 Å². The molecule has 0 saturated heterocycles. The van der Waals surface area contributed by atoms with Crippen LogP contribution in [0.3, 0.4) is 0 Å². The minimum Gasteiger partial charge on any atom is -0.307 e. The lowest BCUT2D eigenvalue weighted by Crippen LogP contribution is -2.30. The van der Waals surface area contributed by atoms with Crippen molar-refractivity contribution in [3.05, 3.63) is 29.0 Å².